The quantitative estimate of drug-likeness (QED) is 0.751. The molecule has 0 N–H and O–H groups in total. The molecule has 0 spiro atoms. The van der Waals surface area contributed by atoms with Gasteiger partial charge in [0.15, 0.2) is 6.61 Å². The number of methoxy groups -OCH3 is 1. The van der Waals surface area contributed by atoms with Gasteiger partial charge < -0.3 is 19.1 Å². The second-order valence-corrected chi connectivity index (χ2v) is 6.04. The molecule has 0 aliphatic carbocycles. The van der Waals surface area contributed by atoms with Crippen molar-refractivity contribution in [3.05, 3.63) is 48.5 Å². The van der Waals surface area contributed by atoms with Crippen LogP contribution in [0.5, 0.6) is 11.5 Å². The minimum Gasteiger partial charge on any atom is -0.497 e. The van der Waals surface area contributed by atoms with Crippen molar-refractivity contribution >= 4 is 5.91 Å². The highest BCUT2D eigenvalue weighted by molar-refractivity contribution is 5.77. The van der Waals surface area contributed by atoms with Crippen LogP contribution in [-0.4, -0.2) is 60.3 Å². The van der Waals surface area contributed by atoms with Gasteiger partial charge in [-0.15, -0.1) is 0 Å². The molecular weight excluding hydrogens is 334 g/mol. The number of morpholine rings is 1. The third-order valence-corrected chi connectivity index (χ3v) is 4.28. The van der Waals surface area contributed by atoms with E-state index in [1.807, 2.05) is 6.07 Å². The van der Waals surface area contributed by atoms with E-state index in [1.165, 1.54) is 0 Å². The number of carbonyl (C=O) groups excluding carboxylic acids is 1. The van der Waals surface area contributed by atoms with Gasteiger partial charge in [-0.25, -0.2) is 9.97 Å². The molecule has 1 aliphatic heterocycles. The lowest BCUT2D eigenvalue weighted by molar-refractivity contribution is -0.141. The van der Waals surface area contributed by atoms with Crippen LogP contribution >= 0.6 is 0 Å². The van der Waals surface area contributed by atoms with Gasteiger partial charge in [0.25, 0.3) is 5.91 Å². The highest BCUT2D eigenvalue weighted by Crippen LogP contribution is 2.17. The lowest BCUT2D eigenvalue weighted by Crippen LogP contribution is -2.47. The Morgan fingerprint density at radius 1 is 1.27 bits per heavy atom. The van der Waals surface area contributed by atoms with Gasteiger partial charge in [0, 0.05) is 25.0 Å². The second kappa shape index (κ2) is 9.15. The van der Waals surface area contributed by atoms with Crippen LogP contribution in [0.1, 0.15) is 12.1 Å². The number of carbonyl (C=O) groups is 1. The first-order valence-corrected chi connectivity index (χ1v) is 8.65. The summed E-state index contributed by atoms with van der Waals surface area (Å²) in [5.41, 5.74) is 0.981. The Balaban J connectivity index is 1.44. The lowest BCUT2D eigenvalue weighted by atomic mass is 10.1. The monoisotopic (exact) mass is 357 g/mol. The molecule has 0 radical (unpaired) electrons. The Bertz CT molecular complexity index is 694. The summed E-state index contributed by atoms with van der Waals surface area (Å²) >= 11 is 0. The Hall–Kier alpha value is -2.67. The van der Waals surface area contributed by atoms with Crippen LogP contribution < -0.4 is 9.47 Å². The van der Waals surface area contributed by atoms with E-state index in [0.29, 0.717) is 25.4 Å². The van der Waals surface area contributed by atoms with Crippen LogP contribution in [-0.2, 0) is 16.0 Å². The summed E-state index contributed by atoms with van der Waals surface area (Å²) in [6.07, 6.45) is 4.92. The largest absolute Gasteiger partial charge is 0.497 e. The van der Waals surface area contributed by atoms with Crippen molar-refractivity contribution in [3.63, 3.8) is 0 Å². The molecule has 0 saturated carbocycles. The fourth-order valence-electron chi connectivity index (χ4n) is 2.80. The molecule has 1 saturated heterocycles. The summed E-state index contributed by atoms with van der Waals surface area (Å²) in [5.74, 6) is 1.37. The van der Waals surface area contributed by atoms with Crippen molar-refractivity contribution in [1.29, 1.82) is 0 Å². The number of hydrogen-bond donors (Lipinski definition) is 0. The Kier molecular flexibility index (Phi) is 6.38. The van der Waals surface area contributed by atoms with E-state index in [9.17, 15) is 4.79 Å². The number of ether oxygens (including phenoxy) is 3. The highest BCUT2D eigenvalue weighted by atomic mass is 16.5. The predicted octanol–water partition coefficient (Wildman–Crippen LogP) is 1.72. The number of benzene rings is 1. The Morgan fingerprint density at radius 2 is 2.08 bits per heavy atom. The molecule has 1 atom stereocenters. The molecule has 7 nitrogen and oxygen atoms in total. The van der Waals surface area contributed by atoms with Gasteiger partial charge in [0.2, 0.25) is 0 Å². The molecular formula is C19H23N3O4. The average molecular weight is 357 g/mol. The molecule has 138 valence electrons. The summed E-state index contributed by atoms with van der Waals surface area (Å²) in [4.78, 5) is 22.3. The number of nitrogens with zero attached hydrogens (tertiary/aromatic N) is 3. The van der Waals surface area contributed by atoms with Crippen molar-refractivity contribution in [2.45, 2.75) is 18.9 Å². The predicted molar refractivity (Wildman–Crippen MR) is 95.2 cm³/mol. The topological polar surface area (TPSA) is 73.8 Å². The van der Waals surface area contributed by atoms with Gasteiger partial charge in [0.05, 0.1) is 19.8 Å². The highest BCUT2D eigenvalue weighted by Gasteiger charge is 2.24. The van der Waals surface area contributed by atoms with Crippen LogP contribution in [0.2, 0.25) is 0 Å². The van der Waals surface area contributed by atoms with Crippen LogP contribution in [0.3, 0.4) is 0 Å². The molecule has 0 unspecified atom stereocenters. The second-order valence-electron chi connectivity index (χ2n) is 6.04. The summed E-state index contributed by atoms with van der Waals surface area (Å²) in [7, 11) is 1.61. The number of amides is 1. The number of rotatable bonds is 7. The zero-order chi connectivity index (χ0) is 18.2. The van der Waals surface area contributed by atoms with E-state index in [4.69, 9.17) is 14.2 Å². The standard InChI is InChI=1S/C19H23N3O4/c1-24-16-4-6-17(7-5-16)26-13-19(23)22-10-11-25-18(12-22)3-2-15-8-9-20-14-21-15/h4-9,14,18H,2-3,10-13H2,1H3/t18-/m1/s1. The summed E-state index contributed by atoms with van der Waals surface area (Å²) in [5, 5.41) is 0. The van der Waals surface area contributed by atoms with Gasteiger partial charge in [-0.2, -0.15) is 0 Å². The van der Waals surface area contributed by atoms with Crippen molar-refractivity contribution in [1.82, 2.24) is 14.9 Å². The molecule has 7 heteroatoms. The first kappa shape index (κ1) is 18.1. The molecule has 1 aliphatic rings. The van der Waals surface area contributed by atoms with E-state index in [2.05, 4.69) is 9.97 Å². The first-order valence-electron chi connectivity index (χ1n) is 8.65. The van der Waals surface area contributed by atoms with Crippen LogP contribution in [0.4, 0.5) is 0 Å². The third kappa shape index (κ3) is 5.16. The SMILES string of the molecule is COc1ccc(OCC(=O)N2CCO[C@H](CCc3ccncn3)C2)cc1. The molecule has 2 heterocycles. The molecule has 3 rings (SSSR count). The molecule has 1 aromatic carbocycles. The van der Waals surface area contributed by atoms with Gasteiger partial charge in [-0.1, -0.05) is 0 Å². The van der Waals surface area contributed by atoms with Crippen molar-refractivity contribution in [3.8, 4) is 11.5 Å². The molecule has 1 amide bonds. The maximum atomic E-state index is 12.4. The summed E-state index contributed by atoms with van der Waals surface area (Å²) < 4.78 is 16.5. The molecule has 2 aromatic rings. The van der Waals surface area contributed by atoms with Crippen LogP contribution in [0.15, 0.2) is 42.9 Å². The van der Waals surface area contributed by atoms with Crippen molar-refractivity contribution < 1.29 is 19.0 Å². The van der Waals surface area contributed by atoms with E-state index in [1.54, 1.807) is 48.8 Å². The average Bonchev–Trinajstić information content (AvgIpc) is 2.72. The van der Waals surface area contributed by atoms with Gasteiger partial charge in [-0.3, -0.25) is 4.79 Å². The first-order chi connectivity index (χ1) is 12.7. The maximum Gasteiger partial charge on any atom is 0.260 e. The Morgan fingerprint density at radius 3 is 2.81 bits per heavy atom. The van der Waals surface area contributed by atoms with E-state index in [-0.39, 0.29) is 18.6 Å². The molecule has 1 fully saturated rings. The zero-order valence-corrected chi connectivity index (χ0v) is 14.8. The minimum atomic E-state index is -0.0313. The molecule has 26 heavy (non-hydrogen) atoms. The smallest absolute Gasteiger partial charge is 0.260 e. The summed E-state index contributed by atoms with van der Waals surface area (Å²) in [6.45, 7) is 1.73. The fourth-order valence-corrected chi connectivity index (χ4v) is 2.80. The molecule has 0 bridgehead atoms. The van der Waals surface area contributed by atoms with Crippen LogP contribution in [0.25, 0.3) is 0 Å². The lowest BCUT2D eigenvalue weighted by Gasteiger charge is -2.33. The van der Waals surface area contributed by atoms with Gasteiger partial charge >= 0.3 is 0 Å². The number of aryl methyl sites for hydroxylation is 1. The van der Waals surface area contributed by atoms with Gasteiger partial charge in [0.1, 0.15) is 17.8 Å². The van der Waals surface area contributed by atoms with E-state index < -0.39 is 0 Å². The minimum absolute atomic E-state index is 0.0173. The normalized spacial score (nSPS) is 17.0. The van der Waals surface area contributed by atoms with Crippen molar-refractivity contribution in [2.24, 2.45) is 0 Å². The number of aromatic nitrogens is 2. The maximum absolute atomic E-state index is 12.4. The van der Waals surface area contributed by atoms with E-state index in [0.717, 1.165) is 24.3 Å². The fraction of sp³-hybridized carbons (Fsp3) is 0.421. The zero-order valence-electron chi connectivity index (χ0n) is 14.8. The summed E-state index contributed by atoms with van der Waals surface area (Å²) in [6, 6.07) is 9.08. The van der Waals surface area contributed by atoms with Crippen molar-refractivity contribution in [2.75, 3.05) is 33.4 Å². The number of hydrogen-bond acceptors (Lipinski definition) is 6. The third-order valence-electron chi connectivity index (χ3n) is 4.28. The van der Waals surface area contributed by atoms with Gasteiger partial charge in [-0.05, 0) is 43.2 Å². The van der Waals surface area contributed by atoms with Crippen LogP contribution in [0, 0.1) is 0 Å². The van der Waals surface area contributed by atoms with E-state index >= 15 is 0 Å². The molecule has 1 aromatic heterocycles. The Labute approximate surface area is 152 Å².